The maximum atomic E-state index is 11.6. The first-order valence-corrected chi connectivity index (χ1v) is 5.03. The van der Waals surface area contributed by atoms with Gasteiger partial charge in [0.25, 0.3) is 0 Å². The van der Waals surface area contributed by atoms with Crippen LogP contribution in [0.3, 0.4) is 0 Å². The highest BCUT2D eigenvalue weighted by molar-refractivity contribution is 7.99. The van der Waals surface area contributed by atoms with Crippen LogP contribution in [-0.2, 0) is 0 Å². The lowest BCUT2D eigenvalue weighted by atomic mass is 10.0. The van der Waals surface area contributed by atoms with Crippen LogP contribution in [-0.4, -0.2) is 11.5 Å². The van der Waals surface area contributed by atoms with Crippen LogP contribution in [0.25, 0.3) is 0 Å². The standard InChI is InChI=1S/C10H10OS/c1-7-6-12-9-5-3-2-4-8(9)10(7)11/h2-5,7H,6H2,1H3. The largest absolute Gasteiger partial charge is 0.294 e. The topological polar surface area (TPSA) is 17.1 Å². The van der Waals surface area contributed by atoms with Gasteiger partial charge >= 0.3 is 0 Å². The third-order valence-electron chi connectivity index (χ3n) is 2.09. The first-order chi connectivity index (χ1) is 5.79. The van der Waals surface area contributed by atoms with Crippen molar-refractivity contribution in [1.29, 1.82) is 0 Å². The molecule has 2 rings (SSSR count). The molecule has 0 N–H and O–H groups in total. The van der Waals surface area contributed by atoms with E-state index < -0.39 is 0 Å². The number of Topliss-reactive ketones (excluding diaryl/α,β-unsaturated/α-hetero) is 1. The van der Waals surface area contributed by atoms with Gasteiger partial charge in [-0.2, -0.15) is 0 Å². The number of thioether (sulfide) groups is 1. The van der Waals surface area contributed by atoms with Gasteiger partial charge in [-0.05, 0) is 6.07 Å². The molecule has 1 unspecified atom stereocenters. The summed E-state index contributed by atoms with van der Waals surface area (Å²) in [6, 6.07) is 7.84. The number of rotatable bonds is 0. The maximum Gasteiger partial charge on any atom is 0.167 e. The summed E-state index contributed by atoms with van der Waals surface area (Å²) < 4.78 is 0. The Kier molecular flexibility index (Phi) is 1.93. The zero-order chi connectivity index (χ0) is 8.55. The minimum atomic E-state index is 0.185. The molecule has 1 heterocycles. The molecule has 1 aliphatic rings. The predicted octanol–water partition coefficient (Wildman–Crippen LogP) is 2.61. The normalized spacial score (nSPS) is 22.1. The SMILES string of the molecule is CC1CSc2ccccc2C1=O. The van der Waals surface area contributed by atoms with Crippen molar-refractivity contribution in [2.24, 2.45) is 5.92 Å². The summed E-state index contributed by atoms with van der Waals surface area (Å²) >= 11 is 1.78. The molecule has 1 aromatic rings. The van der Waals surface area contributed by atoms with Crippen LogP contribution in [0, 0.1) is 5.92 Å². The van der Waals surface area contributed by atoms with Gasteiger partial charge in [0.1, 0.15) is 0 Å². The minimum absolute atomic E-state index is 0.185. The van der Waals surface area contributed by atoms with Crippen LogP contribution < -0.4 is 0 Å². The Hall–Kier alpha value is -0.760. The summed E-state index contributed by atoms with van der Waals surface area (Å²) in [6.45, 7) is 1.99. The fourth-order valence-electron chi connectivity index (χ4n) is 1.35. The summed E-state index contributed by atoms with van der Waals surface area (Å²) in [7, 11) is 0. The van der Waals surface area contributed by atoms with Gasteiger partial charge in [0, 0.05) is 22.1 Å². The van der Waals surface area contributed by atoms with Gasteiger partial charge in [-0.15, -0.1) is 11.8 Å². The van der Waals surface area contributed by atoms with E-state index in [-0.39, 0.29) is 5.92 Å². The number of benzene rings is 1. The smallest absolute Gasteiger partial charge is 0.167 e. The summed E-state index contributed by atoms with van der Waals surface area (Å²) in [5, 5.41) is 0. The molecule has 0 aromatic heterocycles. The van der Waals surface area contributed by atoms with E-state index in [4.69, 9.17) is 0 Å². The van der Waals surface area contributed by atoms with Crippen LogP contribution in [0.4, 0.5) is 0 Å². The Labute approximate surface area is 76.2 Å². The molecule has 0 bridgehead atoms. The van der Waals surface area contributed by atoms with E-state index in [9.17, 15) is 4.79 Å². The zero-order valence-electron chi connectivity index (χ0n) is 6.91. The third-order valence-corrected chi connectivity index (χ3v) is 3.42. The number of hydrogen-bond acceptors (Lipinski definition) is 2. The summed E-state index contributed by atoms with van der Waals surface area (Å²) in [4.78, 5) is 12.7. The lowest BCUT2D eigenvalue weighted by molar-refractivity contribution is 0.0936. The number of hydrogen-bond donors (Lipinski definition) is 0. The van der Waals surface area contributed by atoms with Gasteiger partial charge in [0.05, 0.1) is 0 Å². The summed E-state index contributed by atoms with van der Waals surface area (Å²) in [5.41, 5.74) is 0.904. The second-order valence-electron chi connectivity index (χ2n) is 3.07. The molecular weight excluding hydrogens is 168 g/mol. The van der Waals surface area contributed by atoms with Gasteiger partial charge in [0.15, 0.2) is 5.78 Å². The monoisotopic (exact) mass is 178 g/mol. The lowest BCUT2D eigenvalue weighted by Gasteiger charge is -2.18. The van der Waals surface area contributed by atoms with Crippen molar-refractivity contribution in [3.63, 3.8) is 0 Å². The van der Waals surface area contributed by atoms with Crippen LogP contribution in [0.1, 0.15) is 17.3 Å². The van der Waals surface area contributed by atoms with E-state index in [0.717, 1.165) is 16.2 Å². The van der Waals surface area contributed by atoms with Crippen molar-refractivity contribution in [2.45, 2.75) is 11.8 Å². The van der Waals surface area contributed by atoms with E-state index in [0.29, 0.717) is 5.78 Å². The molecule has 1 atom stereocenters. The third kappa shape index (κ3) is 1.16. The molecule has 1 nitrogen and oxygen atoms in total. The quantitative estimate of drug-likeness (QED) is 0.607. The molecule has 0 spiro atoms. The number of carbonyl (C=O) groups excluding carboxylic acids is 1. The zero-order valence-corrected chi connectivity index (χ0v) is 7.73. The molecular formula is C10H10OS. The lowest BCUT2D eigenvalue weighted by Crippen LogP contribution is -2.18. The molecule has 12 heavy (non-hydrogen) atoms. The van der Waals surface area contributed by atoms with Crippen molar-refractivity contribution in [1.82, 2.24) is 0 Å². The first kappa shape index (κ1) is 7.87. The molecule has 2 heteroatoms. The van der Waals surface area contributed by atoms with Crippen molar-refractivity contribution < 1.29 is 4.79 Å². The number of carbonyl (C=O) groups is 1. The second-order valence-corrected chi connectivity index (χ2v) is 4.13. The van der Waals surface area contributed by atoms with Gasteiger partial charge in [-0.25, -0.2) is 0 Å². The van der Waals surface area contributed by atoms with Gasteiger partial charge in [0.2, 0.25) is 0 Å². The van der Waals surface area contributed by atoms with E-state index in [1.165, 1.54) is 0 Å². The maximum absolute atomic E-state index is 11.6. The predicted molar refractivity (Wildman–Crippen MR) is 50.7 cm³/mol. The summed E-state index contributed by atoms with van der Waals surface area (Å²) in [5.74, 6) is 1.41. The van der Waals surface area contributed by atoms with Crippen LogP contribution in [0.15, 0.2) is 29.2 Å². The van der Waals surface area contributed by atoms with E-state index in [1.807, 2.05) is 31.2 Å². The molecule has 0 aliphatic carbocycles. The highest BCUT2D eigenvalue weighted by Crippen LogP contribution is 2.32. The molecule has 62 valence electrons. The Morgan fingerprint density at radius 1 is 1.42 bits per heavy atom. The van der Waals surface area contributed by atoms with Crippen LogP contribution in [0.2, 0.25) is 0 Å². The van der Waals surface area contributed by atoms with Gasteiger partial charge in [-0.1, -0.05) is 25.1 Å². The highest BCUT2D eigenvalue weighted by Gasteiger charge is 2.23. The molecule has 1 aromatic carbocycles. The molecule has 0 radical (unpaired) electrons. The Bertz CT molecular complexity index is 319. The molecule has 0 amide bonds. The van der Waals surface area contributed by atoms with Crippen LogP contribution in [0.5, 0.6) is 0 Å². The molecule has 0 saturated heterocycles. The van der Waals surface area contributed by atoms with Gasteiger partial charge in [-0.3, -0.25) is 4.79 Å². The highest BCUT2D eigenvalue weighted by atomic mass is 32.2. The van der Waals surface area contributed by atoms with E-state index >= 15 is 0 Å². The number of ketones is 1. The second kappa shape index (κ2) is 2.94. The summed E-state index contributed by atoms with van der Waals surface area (Å²) in [6.07, 6.45) is 0. The Morgan fingerprint density at radius 2 is 2.17 bits per heavy atom. The average Bonchev–Trinajstić information content (AvgIpc) is 2.12. The Morgan fingerprint density at radius 3 is 3.00 bits per heavy atom. The Balaban J connectivity index is 2.49. The van der Waals surface area contributed by atoms with E-state index in [1.54, 1.807) is 11.8 Å². The van der Waals surface area contributed by atoms with Crippen LogP contribution >= 0.6 is 11.8 Å². The molecule has 1 aliphatic heterocycles. The van der Waals surface area contributed by atoms with E-state index in [2.05, 4.69) is 0 Å². The van der Waals surface area contributed by atoms with Crippen molar-refractivity contribution >= 4 is 17.5 Å². The fourth-order valence-corrected chi connectivity index (χ4v) is 2.43. The first-order valence-electron chi connectivity index (χ1n) is 4.05. The molecule has 0 fully saturated rings. The van der Waals surface area contributed by atoms with Crippen molar-refractivity contribution in [2.75, 3.05) is 5.75 Å². The minimum Gasteiger partial charge on any atom is -0.294 e. The van der Waals surface area contributed by atoms with Crippen molar-refractivity contribution in [3.05, 3.63) is 29.8 Å². The fraction of sp³-hybridized carbons (Fsp3) is 0.300. The van der Waals surface area contributed by atoms with Gasteiger partial charge < -0.3 is 0 Å². The molecule has 0 saturated carbocycles. The average molecular weight is 178 g/mol. The number of fused-ring (bicyclic) bond motifs is 1. The van der Waals surface area contributed by atoms with Crippen molar-refractivity contribution in [3.8, 4) is 0 Å².